The van der Waals surface area contributed by atoms with Crippen molar-refractivity contribution in [1.29, 1.82) is 0 Å². The number of carboxylic acid groups (broad SMARTS) is 1. The number of aromatic hydroxyl groups is 2. The van der Waals surface area contributed by atoms with Gasteiger partial charge in [0.15, 0.2) is 11.5 Å². The monoisotopic (exact) mass is 225 g/mol. The normalized spacial score (nSPS) is 14.4. The van der Waals surface area contributed by atoms with Gasteiger partial charge >= 0.3 is 5.97 Å². The number of phenolic OH excluding ortho intramolecular Hbond substituents is 2. The molecule has 0 bridgehead atoms. The van der Waals surface area contributed by atoms with E-state index in [9.17, 15) is 15.0 Å². The molecule has 1 aromatic carbocycles. The molecule has 0 heterocycles. The Morgan fingerprint density at radius 2 is 1.88 bits per heavy atom. The van der Waals surface area contributed by atoms with Crippen LogP contribution in [-0.2, 0) is 11.2 Å². The molecule has 0 aliphatic rings. The van der Waals surface area contributed by atoms with Gasteiger partial charge in [0.1, 0.15) is 5.54 Å². The van der Waals surface area contributed by atoms with E-state index in [0.717, 1.165) is 0 Å². The van der Waals surface area contributed by atoms with Crippen LogP contribution in [0, 0.1) is 6.92 Å². The molecule has 0 saturated heterocycles. The molecule has 5 nitrogen and oxygen atoms in total. The van der Waals surface area contributed by atoms with Crippen LogP contribution >= 0.6 is 0 Å². The number of aryl methyl sites for hydroxylation is 1. The first-order valence-electron chi connectivity index (χ1n) is 4.78. The fraction of sp³-hybridized carbons (Fsp3) is 0.364. The lowest BCUT2D eigenvalue weighted by Gasteiger charge is -2.20. The minimum Gasteiger partial charge on any atom is -0.504 e. The second kappa shape index (κ2) is 4.02. The Balaban J connectivity index is 3.07. The van der Waals surface area contributed by atoms with Crippen molar-refractivity contribution >= 4 is 5.97 Å². The Kier molecular flexibility index (Phi) is 3.09. The molecule has 0 amide bonds. The molecule has 1 aromatic rings. The summed E-state index contributed by atoms with van der Waals surface area (Å²) in [5.74, 6) is -1.61. The second-order valence-corrected chi connectivity index (χ2v) is 4.17. The number of nitrogens with two attached hydrogens (primary N) is 1. The standard InChI is InChI=1S/C11H15NO4/c1-6-3-8(13)9(14)4-7(6)5-11(2,12)10(15)16/h3-4,13-14H,5,12H2,1-2H3,(H,15,16)/t11-/m0/s1. The summed E-state index contributed by atoms with van der Waals surface area (Å²) >= 11 is 0. The maximum atomic E-state index is 10.9. The van der Waals surface area contributed by atoms with Crippen LogP contribution in [-0.4, -0.2) is 26.8 Å². The van der Waals surface area contributed by atoms with Crippen molar-refractivity contribution in [2.45, 2.75) is 25.8 Å². The zero-order valence-electron chi connectivity index (χ0n) is 9.19. The average molecular weight is 225 g/mol. The van der Waals surface area contributed by atoms with Crippen molar-refractivity contribution < 1.29 is 20.1 Å². The molecule has 5 N–H and O–H groups in total. The Morgan fingerprint density at radius 3 is 2.38 bits per heavy atom. The van der Waals surface area contributed by atoms with E-state index in [1.54, 1.807) is 6.92 Å². The fourth-order valence-corrected chi connectivity index (χ4v) is 1.39. The van der Waals surface area contributed by atoms with Gasteiger partial charge in [-0.15, -0.1) is 0 Å². The van der Waals surface area contributed by atoms with Gasteiger partial charge in [0.25, 0.3) is 0 Å². The van der Waals surface area contributed by atoms with Crippen LogP contribution < -0.4 is 5.73 Å². The molecule has 0 aliphatic heterocycles. The first kappa shape index (κ1) is 12.3. The topological polar surface area (TPSA) is 104 Å². The van der Waals surface area contributed by atoms with Gasteiger partial charge in [0, 0.05) is 6.42 Å². The van der Waals surface area contributed by atoms with E-state index >= 15 is 0 Å². The van der Waals surface area contributed by atoms with Crippen molar-refractivity contribution in [3.05, 3.63) is 23.3 Å². The maximum absolute atomic E-state index is 10.9. The molecule has 0 spiro atoms. The van der Waals surface area contributed by atoms with Crippen LogP contribution in [0.4, 0.5) is 0 Å². The highest BCUT2D eigenvalue weighted by molar-refractivity contribution is 5.78. The highest BCUT2D eigenvalue weighted by atomic mass is 16.4. The lowest BCUT2D eigenvalue weighted by atomic mass is 9.91. The summed E-state index contributed by atoms with van der Waals surface area (Å²) in [4.78, 5) is 10.9. The van der Waals surface area contributed by atoms with E-state index in [4.69, 9.17) is 10.8 Å². The molecule has 0 fully saturated rings. The molecule has 88 valence electrons. The SMILES string of the molecule is Cc1cc(O)c(O)cc1C[C@](C)(N)C(=O)O. The minimum absolute atomic E-state index is 0.0853. The van der Waals surface area contributed by atoms with E-state index in [0.29, 0.717) is 11.1 Å². The number of carbonyl (C=O) groups is 1. The van der Waals surface area contributed by atoms with Crippen molar-refractivity contribution in [1.82, 2.24) is 0 Å². The number of rotatable bonds is 3. The van der Waals surface area contributed by atoms with E-state index in [-0.39, 0.29) is 17.9 Å². The number of phenols is 2. The number of carboxylic acids is 1. The summed E-state index contributed by atoms with van der Waals surface area (Å²) in [6.07, 6.45) is 0.0853. The smallest absolute Gasteiger partial charge is 0.323 e. The van der Waals surface area contributed by atoms with Crippen LogP contribution in [0.3, 0.4) is 0 Å². The van der Waals surface area contributed by atoms with Gasteiger partial charge < -0.3 is 21.1 Å². The Hall–Kier alpha value is -1.75. The molecule has 0 aromatic heterocycles. The average Bonchev–Trinajstić information content (AvgIpc) is 2.13. The molecule has 0 unspecified atom stereocenters. The molecule has 0 radical (unpaired) electrons. The van der Waals surface area contributed by atoms with Crippen molar-refractivity contribution in [2.24, 2.45) is 5.73 Å². The van der Waals surface area contributed by atoms with Gasteiger partial charge in [-0.1, -0.05) is 0 Å². The van der Waals surface area contributed by atoms with E-state index in [1.807, 2.05) is 0 Å². The number of hydrogen-bond donors (Lipinski definition) is 4. The van der Waals surface area contributed by atoms with E-state index < -0.39 is 11.5 Å². The van der Waals surface area contributed by atoms with Gasteiger partial charge in [0.2, 0.25) is 0 Å². The summed E-state index contributed by atoms with van der Waals surface area (Å²) in [5.41, 5.74) is 5.50. The quantitative estimate of drug-likeness (QED) is 0.568. The highest BCUT2D eigenvalue weighted by Gasteiger charge is 2.29. The van der Waals surface area contributed by atoms with Crippen molar-refractivity contribution in [3.8, 4) is 11.5 Å². The largest absolute Gasteiger partial charge is 0.504 e. The van der Waals surface area contributed by atoms with Gasteiger partial charge in [-0.25, -0.2) is 0 Å². The van der Waals surface area contributed by atoms with E-state index in [2.05, 4.69) is 0 Å². The van der Waals surface area contributed by atoms with E-state index in [1.165, 1.54) is 19.1 Å². The predicted octanol–water partition coefficient (Wildman–Crippen LogP) is 0.751. The molecule has 16 heavy (non-hydrogen) atoms. The lowest BCUT2D eigenvalue weighted by Crippen LogP contribution is -2.46. The van der Waals surface area contributed by atoms with Crippen molar-refractivity contribution in [3.63, 3.8) is 0 Å². The summed E-state index contributed by atoms with van der Waals surface area (Å²) in [5, 5.41) is 27.4. The summed E-state index contributed by atoms with van der Waals surface area (Å²) in [6.45, 7) is 3.12. The first-order chi connectivity index (χ1) is 7.24. The van der Waals surface area contributed by atoms with Crippen molar-refractivity contribution in [2.75, 3.05) is 0 Å². The van der Waals surface area contributed by atoms with Gasteiger partial charge in [-0.3, -0.25) is 4.79 Å². The molecule has 0 aliphatic carbocycles. The third-order valence-corrected chi connectivity index (χ3v) is 2.48. The van der Waals surface area contributed by atoms with Crippen LogP contribution in [0.2, 0.25) is 0 Å². The second-order valence-electron chi connectivity index (χ2n) is 4.17. The van der Waals surface area contributed by atoms with Crippen LogP contribution in [0.25, 0.3) is 0 Å². The molecular weight excluding hydrogens is 210 g/mol. The predicted molar refractivity (Wildman–Crippen MR) is 58.4 cm³/mol. The Morgan fingerprint density at radius 1 is 1.38 bits per heavy atom. The van der Waals surface area contributed by atoms with Crippen LogP contribution in [0.1, 0.15) is 18.1 Å². The first-order valence-corrected chi connectivity index (χ1v) is 4.78. The summed E-state index contributed by atoms with van der Waals surface area (Å²) in [6, 6.07) is 2.71. The Labute approximate surface area is 93.1 Å². The summed E-state index contributed by atoms with van der Waals surface area (Å²) < 4.78 is 0. The summed E-state index contributed by atoms with van der Waals surface area (Å²) in [7, 11) is 0. The molecule has 0 saturated carbocycles. The third kappa shape index (κ3) is 2.43. The zero-order chi connectivity index (χ0) is 12.5. The number of aliphatic carboxylic acids is 1. The molecular formula is C11H15NO4. The minimum atomic E-state index is -1.39. The number of hydrogen-bond acceptors (Lipinski definition) is 4. The molecule has 5 heteroatoms. The fourth-order valence-electron chi connectivity index (χ4n) is 1.39. The third-order valence-electron chi connectivity index (χ3n) is 2.48. The Bertz CT molecular complexity index is 426. The molecule has 1 rings (SSSR count). The van der Waals surface area contributed by atoms with Crippen LogP contribution in [0.15, 0.2) is 12.1 Å². The highest BCUT2D eigenvalue weighted by Crippen LogP contribution is 2.29. The lowest BCUT2D eigenvalue weighted by molar-refractivity contribution is -0.142. The zero-order valence-corrected chi connectivity index (χ0v) is 9.19. The maximum Gasteiger partial charge on any atom is 0.323 e. The molecule has 1 atom stereocenters. The number of benzene rings is 1. The van der Waals surface area contributed by atoms with Gasteiger partial charge in [0.05, 0.1) is 0 Å². The van der Waals surface area contributed by atoms with Gasteiger partial charge in [-0.05, 0) is 37.1 Å². The van der Waals surface area contributed by atoms with Crippen LogP contribution in [0.5, 0.6) is 11.5 Å². The van der Waals surface area contributed by atoms with Gasteiger partial charge in [-0.2, -0.15) is 0 Å².